The lowest BCUT2D eigenvalue weighted by atomic mass is 10.1. The Balaban J connectivity index is 2.06. The Morgan fingerprint density at radius 2 is 1.65 bits per heavy atom. The zero-order chi connectivity index (χ0) is 22.5. The molecule has 6 heteroatoms. The summed E-state index contributed by atoms with van der Waals surface area (Å²) in [5.74, 6) is 2.42. The van der Waals surface area contributed by atoms with Gasteiger partial charge in [-0.2, -0.15) is 0 Å². The van der Waals surface area contributed by atoms with Gasteiger partial charge in [0.15, 0.2) is 11.5 Å². The molecule has 0 fully saturated rings. The fourth-order valence-corrected chi connectivity index (χ4v) is 3.43. The van der Waals surface area contributed by atoms with Crippen LogP contribution in [0.4, 0.5) is 0 Å². The maximum absolute atomic E-state index is 13.0. The summed E-state index contributed by atoms with van der Waals surface area (Å²) >= 11 is 0. The van der Waals surface area contributed by atoms with Gasteiger partial charge in [-0.15, -0.1) is 0 Å². The number of carbonyl (C=O) groups excluding carboxylic acids is 1. The molecular formula is C25H36N2O4. The summed E-state index contributed by atoms with van der Waals surface area (Å²) in [7, 11) is 3.25. The van der Waals surface area contributed by atoms with Crippen molar-refractivity contribution in [3.8, 4) is 17.2 Å². The Morgan fingerprint density at radius 1 is 0.935 bits per heavy atom. The van der Waals surface area contributed by atoms with E-state index in [1.54, 1.807) is 14.2 Å². The second-order valence-corrected chi connectivity index (χ2v) is 7.43. The third kappa shape index (κ3) is 8.13. The number of nitrogens with two attached hydrogens (primary N) is 1. The highest BCUT2D eigenvalue weighted by atomic mass is 16.5. The lowest BCUT2D eigenvalue weighted by Gasteiger charge is -2.23. The quantitative estimate of drug-likeness (QED) is 0.457. The number of rotatable bonds is 14. The normalized spacial score (nSPS) is 10.6. The highest BCUT2D eigenvalue weighted by molar-refractivity contribution is 5.76. The lowest BCUT2D eigenvalue weighted by molar-refractivity contribution is -0.131. The first-order chi connectivity index (χ1) is 15.1. The van der Waals surface area contributed by atoms with Gasteiger partial charge in [0.05, 0.1) is 20.8 Å². The van der Waals surface area contributed by atoms with Crippen LogP contribution in [0.15, 0.2) is 42.5 Å². The maximum Gasteiger partial charge on any atom is 0.222 e. The van der Waals surface area contributed by atoms with Crippen LogP contribution in [-0.4, -0.2) is 44.7 Å². The van der Waals surface area contributed by atoms with Crippen LogP contribution < -0.4 is 19.9 Å². The monoisotopic (exact) mass is 428 g/mol. The maximum atomic E-state index is 13.0. The van der Waals surface area contributed by atoms with Crippen molar-refractivity contribution in [2.75, 3.05) is 33.9 Å². The predicted molar refractivity (Wildman–Crippen MR) is 124 cm³/mol. The van der Waals surface area contributed by atoms with Crippen molar-refractivity contribution in [2.24, 2.45) is 5.73 Å². The van der Waals surface area contributed by atoms with Gasteiger partial charge in [0.25, 0.3) is 0 Å². The van der Waals surface area contributed by atoms with Gasteiger partial charge in [-0.05, 0) is 68.1 Å². The molecule has 2 aromatic carbocycles. The van der Waals surface area contributed by atoms with Crippen molar-refractivity contribution >= 4 is 5.91 Å². The van der Waals surface area contributed by atoms with Gasteiger partial charge in [0.2, 0.25) is 5.91 Å². The average molecular weight is 429 g/mol. The number of hydrogen-bond acceptors (Lipinski definition) is 5. The van der Waals surface area contributed by atoms with E-state index in [-0.39, 0.29) is 5.91 Å². The van der Waals surface area contributed by atoms with Crippen LogP contribution in [0.25, 0.3) is 0 Å². The van der Waals surface area contributed by atoms with Crippen molar-refractivity contribution < 1.29 is 19.0 Å². The molecule has 0 aliphatic heterocycles. The highest BCUT2D eigenvalue weighted by Gasteiger charge is 2.15. The minimum atomic E-state index is 0.173. The number of nitrogens with zero attached hydrogens (tertiary/aromatic N) is 1. The van der Waals surface area contributed by atoms with Crippen molar-refractivity contribution in [3.05, 3.63) is 53.6 Å². The first-order valence-corrected chi connectivity index (χ1v) is 11.0. The second kappa shape index (κ2) is 13.5. The molecule has 0 radical (unpaired) electrons. The van der Waals surface area contributed by atoms with Gasteiger partial charge in [-0.25, -0.2) is 0 Å². The fraction of sp³-hybridized carbons (Fsp3) is 0.480. The molecule has 0 saturated heterocycles. The molecule has 6 nitrogen and oxygen atoms in total. The van der Waals surface area contributed by atoms with Crippen LogP contribution in [0, 0.1) is 0 Å². The molecule has 0 saturated carbocycles. The molecule has 0 aliphatic rings. The van der Waals surface area contributed by atoms with Crippen molar-refractivity contribution in [1.29, 1.82) is 0 Å². The van der Waals surface area contributed by atoms with Crippen molar-refractivity contribution in [1.82, 2.24) is 4.90 Å². The standard InChI is InChI=1S/C25H36N2O4/c1-4-31-22-12-9-21(10-13-22)19-27(25(28)8-6-5-7-16-26)17-15-20-11-14-23(29-2)24(18-20)30-3/h9-14,18H,4-8,15-17,19,26H2,1-3H3. The van der Waals surface area contributed by atoms with E-state index >= 15 is 0 Å². The second-order valence-electron chi connectivity index (χ2n) is 7.43. The molecule has 0 atom stereocenters. The molecular weight excluding hydrogens is 392 g/mol. The van der Waals surface area contributed by atoms with E-state index in [4.69, 9.17) is 19.9 Å². The first kappa shape index (κ1) is 24.5. The SMILES string of the molecule is CCOc1ccc(CN(CCc2ccc(OC)c(OC)c2)C(=O)CCCCCN)cc1. The molecule has 2 aromatic rings. The van der Waals surface area contributed by atoms with Crippen LogP contribution in [0.3, 0.4) is 0 Å². The molecule has 2 rings (SSSR count). The summed E-state index contributed by atoms with van der Waals surface area (Å²) in [6.45, 7) is 4.49. The Labute approximate surface area is 186 Å². The van der Waals surface area contributed by atoms with Crippen LogP contribution in [0.2, 0.25) is 0 Å². The van der Waals surface area contributed by atoms with E-state index in [9.17, 15) is 4.79 Å². The van der Waals surface area contributed by atoms with Crippen LogP contribution in [0.5, 0.6) is 17.2 Å². The number of hydrogen-bond donors (Lipinski definition) is 1. The van der Waals surface area contributed by atoms with Gasteiger partial charge < -0.3 is 24.8 Å². The largest absolute Gasteiger partial charge is 0.494 e. The van der Waals surface area contributed by atoms with Gasteiger partial charge in [-0.1, -0.05) is 24.6 Å². The van der Waals surface area contributed by atoms with E-state index in [0.717, 1.165) is 42.6 Å². The smallest absolute Gasteiger partial charge is 0.222 e. The third-order valence-corrected chi connectivity index (χ3v) is 5.17. The summed E-state index contributed by atoms with van der Waals surface area (Å²) < 4.78 is 16.2. The molecule has 31 heavy (non-hydrogen) atoms. The van der Waals surface area contributed by atoms with E-state index in [1.807, 2.05) is 54.3 Å². The van der Waals surface area contributed by atoms with Gasteiger partial charge >= 0.3 is 0 Å². The number of carbonyl (C=O) groups is 1. The first-order valence-electron chi connectivity index (χ1n) is 11.0. The number of benzene rings is 2. The summed E-state index contributed by atoms with van der Waals surface area (Å²) in [4.78, 5) is 14.9. The molecule has 1 amide bonds. The van der Waals surface area contributed by atoms with E-state index in [0.29, 0.717) is 44.2 Å². The number of methoxy groups -OCH3 is 2. The molecule has 0 aliphatic carbocycles. The molecule has 2 N–H and O–H groups in total. The molecule has 0 heterocycles. The summed E-state index contributed by atoms with van der Waals surface area (Å²) in [6.07, 6.45) is 4.09. The number of ether oxygens (including phenoxy) is 3. The van der Waals surface area contributed by atoms with Crippen LogP contribution in [-0.2, 0) is 17.8 Å². The minimum Gasteiger partial charge on any atom is -0.494 e. The van der Waals surface area contributed by atoms with E-state index < -0.39 is 0 Å². The lowest BCUT2D eigenvalue weighted by Crippen LogP contribution is -2.32. The average Bonchev–Trinajstić information content (AvgIpc) is 2.80. The number of amides is 1. The zero-order valence-corrected chi connectivity index (χ0v) is 19.1. The van der Waals surface area contributed by atoms with Crippen molar-refractivity contribution in [3.63, 3.8) is 0 Å². The van der Waals surface area contributed by atoms with Crippen LogP contribution >= 0.6 is 0 Å². The summed E-state index contributed by atoms with van der Waals surface area (Å²) in [5, 5.41) is 0. The van der Waals surface area contributed by atoms with Gasteiger partial charge in [-0.3, -0.25) is 4.79 Å². The Morgan fingerprint density at radius 3 is 2.29 bits per heavy atom. The molecule has 170 valence electrons. The predicted octanol–water partition coefficient (Wildman–Crippen LogP) is 4.19. The minimum absolute atomic E-state index is 0.173. The summed E-state index contributed by atoms with van der Waals surface area (Å²) in [6, 6.07) is 13.8. The number of unbranched alkanes of at least 4 members (excludes halogenated alkanes) is 2. The Bertz CT molecular complexity index is 793. The van der Waals surface area contributed by atoms with Crippen LogP contribution in [0.1, 0.15) is 43.7 Å². The zero-order valence-electron chi connectivity index (χ0n) is 19.1. The third-order valence-electron chi connectivity index (χ3n) is 5.17. The van der Waals surface area contributed by atoms with E-state index in [2.05, 4.69) is 0 Å². The van der Waals surface area contributed by atoms with Gasteiger partial charge in [0.1, 0.15) is 5.75 Å². The molecule has 0 bridgehead atoms. The molecule has 0 aromatic heterocycles. The highest BCUT2D eigenvalue weighted by Crippen LogP contribution is 2.28. The summed E-state index contributed by atoms with van der Waals surface area (Å²) in [5.41, 5.74) is 7.76. The van der Waals surface area contributed by atoms with Crippen molar-refractivity contribution in [2.45, 2.75) is 45.6 Å². The Hall–Kier alpha value is -2.73. The molecule has 0 spiro atoms. The Kier molecular flexibility index (Phi) is 10.7. The fourth-order valence-electron chi connectivity index (χ4n) is 3.43. The van der Waals surface area contributed by atoms with E-state index in [1.165, 1.54) is 0 Å². The molecule has 0 unspecified atom stereocenters. The van der Waals surface area contributed by atoms with Gasteiger partial charge in [0, 0.05) is 19.5 Å². The topological polar surface area (TPSA) is 74.0 Å².